The molecule has 0 aromatic heterocycles. The van der Waals surface area contributed by atoms with Crippen LogP contribution in [-0.2, 0) is 4.74 Å². The van der Waals surface area contributed by atoms with Gasteiger partial charge in [-0.1, -0.05) is 6.07 Å². The fourth-order valence-corrected chi connectivity index (χ4v) is 1.29. The molecule has 0 atom stereocenters. The van der Waals surface area contributed by atoms with Crippen LogP contribution in [0.3, 0.4) is 0 Å². The van der Waals surface area contributed by atoms with E-state index in [0.29, 0.717) is 6.29 Å². The summed E-state index contributed by atoms with van der Waals surface area (Å²) in [7, 11) is 0. The van der Waals surface area contributed by atoms with Gasteiger partial charge in [0.25, 0.3) is 0 Å². The van der Waals surface area contributed by atoms with Crippen LogP contribution in [0.4, 0.5) is 17.6 Å². The predicted octanol–water partition coefficient (Wildman–Crippen LogP) is 2.99. The maximum Gasteiger partial charge on any atom is 0.411 e. The summed E-state index contributed by atoms with van der Waals surface area (Å²) >= 11 is 0. The number of benzene rings is 1. The zero-order valence-corrected chi connectivity index (χ0v) is 9.87. The second-order valence-corrected chi connectivity index (χ2v) is 3.65. The molecular formula is C12H12F4O3. The van der Waals surface area contributed by atoms with E-state index in [1.807, 2.05) is 0 Å². The highest BCUT2D eigenvalue weighted by Crippen LogP contribution is 2.21. The molecule has 0 unspecified atom stereocenters. The van der Waals surface area contributed by atoms with Crippen LogP contribution < -0.4 is 4.74 Å². The molecule has 19 heavy (non-hydrogen) atoms. The number of alkyl halides is 3. The first-order valence-corrected chi connectivity index (χ1v) is 5.45. The largest absolute Gasteiger partial charge is 0.490 e. The van der Waals surface area contributed by atoms with Crippen LogP contribution >= 0.6 is 0 Å². The molecule has 0 saturated carbocycles. The van der Waals surface area contributed by atoms with Gasteiger partial charge in [-0.25, -0.2) is 4.39 Å². The summed E-state index contributed by atoms with van der Waals surface area (Å²) in [6.45, 7) is -1.53. The lowest BCUT2D eigenvalue weighted by atomic mass is 10.2. The molecule has 0 spiro atoms. The Kier molecular flexibility index (Phi) is 5.75. The summed E-state index contributed by atoms with van der Waals surface area (Å²) in [6.07, 6.45) is -3.77. The van der Waals surface area contributed by atoms with Crippen molar-refractivity contribution in [3.63, 3.8) is 0 Å². The van der Waals surface area contributed by atoms with Crippen LogP contribution in [0.5, 0.6) is 5.75 Å². The van der Waals surface area contributed by atoms with Crippen molar-refractivity contribution in [2.75, 3.05) is 19.8 Å². The number of aldehydes is 1. The molecule has 1 rings (SSSR count). The molecule has 106 valence electrons. The fourth-order valence-electron chi connectivity index (χ4n) is 1.29. The van der Waals surface area contributed by atoms with Crippen molar-refractivity contribution in [1.29, 1.82) is 0 Å². The van der Waals surface area contributed by atoms with Crippen molar-refractivity contribution in [1.82, 2.24) is 0 Å². The standard InChI is InChI=1S/C12H12F4O3/c13-10-4-1-3-9(7-17)11(10)19-6-2-5-18-8-12(14,15)16/h1,3-4,7H,2,5-6,8H2. The van der Waals surface area contributed by atoms with Crippen LogP contribution in [0, 0.1) is 5.82 Å². The van der Waals surface area contributed by atoms with Gasteiger partial charge >= 0.3 is 6.18 Å². The molecule has 0 N–H and O–H groups in total. The van der Waals surface area contributed by atoms with Crippen molar-refractivity contribution in [2.45, 2.75) is 12.6 Å². The minimum atomic E-state index is -4.36. The monoisotopic (exact) mass is 280 g/mol. The van der Waals surface area contributed by atoms with Gasteiger partial charge in [-0.3, -0.25) is 4.79 Å². The predicted molar refractivity (Wildman–Crippen MR) is 58.8 cm³/mol. The van der Waals surface area contributed by atoms with E-state index in [1.54, 1.807) is 0 Å². The van der Waals surface area contributed by atoms with E-state index < -0.39 is 18.6 Å². The topological polar surface area (TPSA) is 35.5 Å². The van der Waals surface area contributed by atoms with Crippen molar-refractivity contribution in [2.24, 2.45) is 0 Å². The van der Waals surface area contributed by atoms with Crippen LogP contribution in [0.2, 0.25) is 0 Å². The smallest absolute Gasteiger partial charge is 0.411 e. The fraction of sp³-hybridized carbons (Fsp3) is 0.417. The Hall–Kier alpha value is -1.63. The molecule has 0 heterocycles. The Balaban J connectivity index is 2.32. The van der Waals surface area contributed by atoms with E-state index in [-0.39, 0.29) is 30.9 Å². The third-order valence-corrected chi connectivity index (χ3v) is 2.07. The van der Waals surface area contributed by atoms with Crippen molar-refractivity contribution in [3.05, 3.63) is 29.6 Å². The van der Waals surface area contributed by atoms with E-state index in [1.165, 1.54) is 12.1 Å². The number of ether oxygens (including phenoxy) is 2. The summed E-state index contributed by atoms with van der Waals surface area (Å²) in [5.74, 6) is -0.894. The quantitative estimate of drug-likeness (QED) is 0.437. The lowest BCUT2D eigenvalue weighted by Gasteiger charge is -2.10. The average Bonchev–Trinajstić information content (AvgIpc) is 2.33. The Morgan fingerprint density at radius 2 is 1.95 bits per heavy atom. The number of carbonyl (C=O) groups excluding carboxylic acids is 1. The van der Waals surface area contributed by atoms with Crippen molar-refractivity contribution < 1.29 is 31.8 Å². The molecule has 3 nitrogen and oxygen atoms in total. The zero-order chi connectivity index (χ0) is 14.3. The minimum absolute atomic E-state index is 0.0420. The third kappa shape index (κ3) is 5.69. The lowest BCUT2D eigenvalue weighted by molar-refractivity contribution is -0.174. The van der Waals surface area contributed by atoms with Crippen LogP contribution in [0.1, 0.15) is 16.8 Å². The van der Waals surface area contributed by atoms with Gasteiger partial charge in [-0.2, -0.15) is 13.2 Å². The van der Waals surface area contributed by atoms with E-state index in [4.69, 9.17) is 4.74 Å². The van der Waals surface area contributed by atoms with Gasteiger partial charge in [0.15, 0.2) is 17.9 Å². The minimum Gasteiger partial charge on any atom is -0.490 e. The van der Waals surface area contributed by atoms with Gasteiger partial charge in [-0.05, 0) is 12.1 Å². The second kappa shape index (κ2) is 7.08. The molecule has 0 radical (unpaired) electrons. The number of hydrogen-bond donors (Lipinski definition) is 0. The lowest BCUT2D eigenvalue weighted by Crippen LogP contribution is -2.18. The second-order valence-electron chi connectivity index (χ2n) is 3.65. The van der Waals surface area contributed by atoms with Crippen molar-refractivity contribution >= 4 is 6.29 Å². The van der Waals surface area contributed by atoms with Gasteiger partial charge in [-0.15, -0.1) is 0 Å². The summed E-state index contributed by atoms with van der Waals surface area (Å²) < 4.78 is 57.9. The van der Waals surface area contributed by atoms with Gasteiger partial charge in [0, 0.05) is 6.42 Å². The van der Waals surface area contributed by atoms with Crippen LogP contribution in [0.15, 0.2) is 18.2 Å². The van der Waals surface area contributed by atoms with Gasteiger partial charge < -0.3 is 9.47 Å². The molecule has 0 aliphatic heterocycles. The highest BCUT2D eigenvalue weighted by Gasteiger charge is 2.27. The maximum atomic E-state index is 13.3. The van der Waals surface area contributed by atoms with Gasteiger partial charge in [0.05, 0.1) is 18.8 Å². The van der Waals surface area contributed by atoms with Crippen LogP contribution in [-0.4, -0.2) is 32.3 Å². The molecule has 0 saturated heterocycles. The van der Waals surface area contributed by atoms with E-state index in [9.17, 15) is 22.4 Å². The number of hydrogen-bond acceptors (Lipinski definition) is 3. The van der Waals surface area contributed by atoms with E-state index >= 15 is 0 Å². The molecule has 0 aliphatic carbocycles. The molecule has 1 aromatic carbocycles. The first-order chi connectivity index (χ1) is 8.94. The Morgan fingerprint density at radius 3 is 2.58 bits per heavy atom. The Labute approximate surface area is 107 Å². The molecule has 0 bridgehead atoms. The Morgan fingerprint density at radius 1 is 1.21 bits per heavy atom. The summed E-state index contributed by atoms with van der Waals surface area (Å²) in [5, 5.41) is 0. The molecular weight excluding hydrogens is 268 g/mol. The molecule has 1 aromatic rings. The first-order valence-electron chi connectivity index (χ1n) is 5.45. The van der Waals surface area contributed by atoms with Crippen LogP contribution in [0.25, 0.3) is 0 Å². The summed E-state index contributed by atoms with van der Waals surface area (Å²) in [5.41, 5.74) is 0.0520. The highest BCUT2D eigenvalue weighted by atomic mass is 19.4. The Bertz CT molecular complexity index is 418. The number of para-hydroxylation sites is 1. The molecule has 7 heteroatoms. The van der Waals surface area contributed by atoms with E-state index in [0.717, 1.165) is 6.07 Å². The first kappa shape index (κ1) is 15.4. The molecule has 0 amide bonds. The SMILES string of the molecule is O=Cc1cccc(F)c1OCCCOCC(F)(F)F. The van der Waals surface area contributed by atoms with Gasteiger partial charge in [0.2, 0.25) is 0 Å². The highest BCUT2D eigenvalue weighted by molar-refractivity contribution is 5.79. The molecule has 0 aliphatic rings. The van der Waals surface area contributed by atoms with E-state index in [2.05, 4.69) is 4.74 Å². The maximum absolute atomic E-state index is 13.3. The average molecular weight is 280 g/mol. The normalized spacial score (nSPS) is 11.4. The number of halogens is 4. The van der Waals surface area contributed by atoms with Gasteiger partial charge in [0.1, 0.15) is 6.61 Å². The summed E-state index contributed by atoms with van der Waals surface area (Å²) in [4.78, 5) is 10.6. The third-order valence-electron chi connectivity index (χ3n) is 2.07. The summed E-state index contributed by atoms with van der Waals surface area (Å²) in [6, 6.07) is 3.87. The number of rotatable bonds is 7. The molecule has 0 fully saturated rings. The number of carbonyl (C=O) groups is 1. The zero-order valence-electron chi connectivity index (χ0n) is 9.87. The van der Waals surface area contributed by atoms with Crippen molar-refractivity contribution in [3.8, 4) is 5.75 Å².